The Morgan fingerprint density at radius 1 is 1.39 bits per heavy atom. The Balaban J connectivity index is 2.85. The van der Waals surface area contributed by atoms with Crippen LogP contribution in [0.4, 0.5) is 14.6 Å². The van der Waals surface area contributed by atoms with Crippen molar-refractivity contribution in [3.05, 3.63) is 23.4 Å². The molecule has 0 bridgehead atoms. The number of alkyl halides is 2. The Kier molecular flexibility index (Phi) is 5.48. The number of hydrogen-bond donors (Lipinski definition) is 2. The van der Waals surface area contributed by atoms with Crippen molar-refractivity contribution in [1.82, 2.24) is 10.3 Å². The van der Waals surface area contributed by atoms with Crippen LogP contribution in [0.15, 0.2) is 12.1 Å². The van der Waals surface area contributed by atoms with Gasteiger partial charge in [-0.15, -0.1) is 0 Å². The summed E-state index contributed by atoms with van der Waals surface area (Å²) in [5.41, 5.74) is 1.09. The summed E-state index contributed by atoms with van der Waals surface area (Å²) >= 11 is 0. The number of nitrogens with zero attached hydrogens (tertiary/aromatic N) is 1. The lowest BCUT2D eigenvalue weighted by atomic mass is 10.2. The maximum absolute atomic E-state index is 12.0. The van der Waals surface area contributed by atoms with Gasteiger partial charge in [-0.3, -0.25) is 4.79 Å². The lowest BCUT2D eigenvalue weighted by Crippen LogP contribution is -2.28. The van der Waals surface area contributed by atoms with E-state index < -0.39 is 18.9 Å². The second-order valence-corrected chi connectivity index (χ2v) is 3.72. The summed E-state index contributed by atoms with van der Waals surface area (Å²) in [6, 6.07) is 3.17. The van der Waals surface area contributed by atoms with E-state index in [4.69, 9.17) is 0 Å². The number of amides is 1. The van der Waals surface area contributed by atoms with Gasteiger partial charge in [0.25, 0.3) is 12.3 Å². The third-order valence-electron chi connectivity index (χ3n) is 2.28. The van der Waals surface area contributed by atoms with E-state index in [0.29, 0.717) is 24.3 Å². The van der Waals surface area contributed by atoms with Crippen molar-refractivity contribution in [2.24, 2.45) is 0 Å². The van der Waals surface area contributed by atoms with Crippen molar-refractivity contribution >= 4 is 11.7 Å². The van der Waals surface area contributed by atoms with Crippen molar-refractivity contribution in [2.45, 2.75) is 26.7 Å². The Labute approximate surface area is 105 Å². The van der Waals surface area contributed by atoms with Crippen LogP contribution in [0.3, 0.4) is 0 Å². The van der Waals surface area contributed by atoms with Crippen molar-refractivity contribution < 1.29 is 13.6 Å². The first-order chi connectivity index (χ1) is 8.56. The van der Waals surface area contributed by atoms with Gasteiger partial charge in [0.2, 0.25) is 0 Å². The van der Waals surface area contributed by atoms with Crippen LogP contribution in [0.25, 0.3) is 0 Å². The van der Waals surface area contributed by atoms with E-state index in [1.165, 1.54) is 0 Å². The monoisotopic (exact) mass is 257 g/mol. The van der Waals surface area contributed by atoms with Gasteiger partial charge >= 0.3 is 0 Å². The molecule has 1 aromatic heterocycles. The maximum atomic E-state index is 12.0. The minimum absolute atomic E-state index is 0.346. The average Bonchev–Trinajstić information content (AvgIpc) is 2.35. The molecule has 18 heavy (non-hydrogen) atoms. The Morgan fingerprint density at radius 3 is 2.67 bits per heavy atom. The molecule has 0 aliphatic rings. The minimum Gasteiger partial charge on any atom is -0.370 e. The van der Waals surface area contributed by atoms with Gasteiger partial charge < -0.3 is 10.6 Å². The van der Waals surface area contributed by atoms with Crippen LogP contribution >= 0.6 is 0 Å². The van der Waals surface area contributed by atoms with Crippen molar-refractivity contribution in [2.75, 3.05) is 18.4 Å². The molecule has 0 saturated heterocycles. The third kappa shape index (κ3) is 4.27. The predicted octanol–water partition coefficient (Wildman–Crippen LogP) is 2.07. The number of halogens is 2. The highest BCUT2D eigenvalue weighted by Crippen LogP contribution is 2.11. The van der Waals surface area contributed by atoms with E-state index in [0.717, 1.165) is 5.69 Å². The Hall–Kier alpha value is -1.72. The van der Waals surface area contributed by atoms with Gasteiger partial charge in [-0.1, -0.05) is 6.92 Å². The molecule has 0 atom stereocenters. The number of aryl methyl sites for hydroxylation is 1. The highest BCUT2D eigenvalue weighted by molar-refractivity contribution is 5.95. The van der Waals surface area contributed by atoms with E-state index in [-0.39, 0.29) is 0 Å². The SMILES string of the molecule is CCNc1cc(C(=O)NCC(F)F)cc(CC)n1. The molecule has 1 rings (SSSR count). The van der Waals surface area contributed by atoms with E-state index in [1.807, 2.05) is 13.8 Å². The normalized spacial score (nSPS) is 10.5. The van der Waals surface area contributed by atoms with Gasteiger partial charge in [-0.25, -0.2) is 13.8 Å². The second-order valence-electron chi connectivity index (χ2n) is 3.72. The molecule has 0 unspecified atom stereocenters. The highest BCUT2D eigenvalue weighted by Gasteiger charge is 2.11. The molecule has 1 aromatic rings. The van der Waals surface area contributed by atoms with Gasteiger partial charge in [-0.2, -0.15) is 0 Å². The fourth-order valence-electron chi connectivity index (χ4n) is 1.44. The van der Waals surface area contributed by atoms with E-state index in [2.05, 4.69) is 15.6 Å². The first-order valence-corrected chi connectivity index (χ1v) is 5.88. The zero-order valence-corrected chi connectivity index (χ0v) is 10.5. The number of anilines is 1. The van der Waals surface area contributed by atoms with Gasteiger partial charge in [-0.05, 0) is 25.5 Å². The molecule has 0 saturated carbocycles. The molecular formula is C12H17F2N3O. The van der Waals surface area contributed by atoms with Gasteiger partial charge in [0.15, 0.2) is 0 Å². The maximum Gasteiger partial charge on any atom is 0.255 e. The van der Waals surface area contributed by atoms with Crippen LogP contribution in [0.2, 0.25) is 0 Å². The van der Waals surface area contributed by atoms with Crippen LogP contribution in [0.5, 0.6) is 0 Å². The molecule has 0 radical (unpaired) electrons. The number of carbonyl (C=O) groups excluding carboxylic acids is 1. The van der Waals surface area contributed by atoms with Crippen LogP contribution in [0, 0.1) is 0 Å². The number of pyridine rings is 1. The van der Waals surface area contributed by atoms with Gasteiger partial charge in [0.1, 0.15) is 5.82 Å². The smallest absolute Gasteiger partial charge is 0.255 e. The fourth-order valence-corrected chi connectivity index (χ4v) is 1.44. The summed E-state index contributed by atoms with van der Waals surface area (Å²) in [5, 5.41) is 5.18. The molecule has 2 N–H and O–H groups in total. The van der Waals surface area contributed by atoms with E-state index in [9.17, 15) is 13.6 Å². The summed E-state index contributed by atoms with van der Waals surface area (Å²) < 4.78 is 24.0. The molecule has 1 amide bonds. The van der Waals surface area contributed by atoms with Crippen LogP contribution in [0.1, 0.15) is 29.9 Å². The molecular weight excluding hydrogens is 240 g/mol. The summed E-state index contributed by atoms with van der Waals surface area (Å²) in [6.07, 6.45) is -1.87. The van der Waals surface area contributed by atoms with Crippen LogP contribution in [-0.4, -0.2) is 30.4 Å². The molecule has 0 aromatic carbocycles. The second kappa shape index (κ2) is 6.88. The first kappa shape index (κ1) is 14.3. The molecule has 0 aliphatic carbocycles. The molecule has 0 spiro atoms. The summed E-state index contributed by atoms with van der Waals surface area (Å²) in [6.45, 7) is 3.87. The zero-order valence-electron chi connectivity index (χ0n) is 10.5. The number of nitrogens with one attached hydrogen (secondary N) is 2. The van der Waals surface area contributed by atoms with Crippen molar-refractivity contribution in [1.29, 1.82) is 0 Å². The number of carbonyl (C=O) groups is 1. The number of aromatic nitrogens is 1. The van der Waals surface area contributed by atoms with Crippen LogP contribution in [-0.2, 0) is 6.42 Å². The molecule has 0 aliphatic heterocycles. The molecule has 100 valence electrons. The number of rotatable bonds is 6. The highest BCUT2D eigenvalue weighted by atomic mass is 19.3. The Morgan fingerprint density at radius 2 is 2.11 bits per heavy atom. The fraction of sp³-hybridized carbons (Fsp3) is 0.500. The zero-order chi connectivity index (χ0) is 13.5. The topological polar surface area (TPSA) is 54.0 Å². The first-order valence-electron chi connectivity index (χ1n) is 5.88. The quantitative estimate of drug-likeness (QED) is 0.820. The molecule has 0 fully saturated rings. The van der Waals surface area contributed by atoms with Gasteiger partial charge in [0.05, 0.1) is 6.54 Å². The Bertz CT molecular complexity index is 410. The van der Waals surface area contributed by atoms with Crippen molar-refractivity contribution in [3.63, 3.8) is 0 Å². The molecule has 4 nitrogen and oxygen atoms in total. The largest absolute Gasteiger partial charge is 0.370 e. The predicted molar refractivity (Wildman–Crippen MR) is 66.1 cm³/mol. The van der Waals surface area contributed by atoms with Crippen LogP contribution < -0.4 is 10.6 Å². The molecule has 1 heterocycles. The average molecular weight is 257 g/mol. The summed E-state index contributed by atoms with van der Waals surface area (Å²) in [5.74, 6) is 0.0746. The summed E-state index contributed by atoms with van der Waals surface area (Å²) in [7, 11) is 0. The number of hydrogen-bond acceptors (Lipinski definition) is 3. The minimum atomic E-state index is -2.55. The summed E-state index contributed by atoms with van der Waals surface area (Å²) in [4.78, 5) is 16.0. The van der Waals surface area contributed by atoms with E-state index >= 15 is 0 Å². The standard InChI is InChI=1S/C12H17F2N3O/c1-3-9-5-8(6-11(17-9)15-4-2)12(18)16-7-10(13)14/h5-6,10H,3-4,7H2,1-2H3,(H,15,17)(H,16,18). The third-order valence-corrected chi connectivity index (χ3v) is 2.28. The van der Waals surface area contributed by atoms with Gasteiger partial charge in [0, 0.05) is 17.8 Å². The van der Waals surface area contributed by atoms with E-state index in [1.54, 1.807) is 12.1 Å². The molecule has 6 heteroatoms. The van der Waals surface area contributed by atoms with Crippen molar-refractivity contribution in [3.8, 4) is 0 Å². The lowest BCUT2D eigenvalue weighted by Gasteiger charge is -2.09. The lowest BCUT2D eigenvalue weighted by molar-refractivity contribution is 0.0891.